The standard InChI is InChI=1S/C21H20F3N7O2/c1-14-26-27-28-31(14)18-7-3-6-17(13-18)25-20(33)30-10-8-29(9-11-30)19(32)15-4-2-5-16(12-15)21(22,23)24/h2-7,12-13H,8-11H2,1H3,(H,25,33). The van der Waals surface area contributed by atoms with Gasteiger partial charge in [-0.1, -0.05) is 12.1 Å². The SMILES string of the molecule is Cc1nnnn1-c1cccc(NC(=O)N2CCN(C(=O)c3cccc(C(F)(F)F)c3)CC2)c1. The molecule has 1 N–H and O–H groups in total. The van der Waals surface area contributed by atoms with Crippen LogP contribution in [-0.4, -0.2) is 68.1 Å². The summed E-state index contributed by atoms with van der Waals surface area (Å²) in [6.45, 7) is 2.69. The van der Waals surface area contributed by atoms with Gasteiger partial charge in [-0.05, 0) is 53.7 Å². The molecule has 172 valence electrons. The first kappa shape index (κ1) is 22.2. The highest BCUT2D eigenvalue weighted by atomic mass is 19.4. The van der Waals surface area contributed by atoms with Crippen LogP contribution in [0.3, 0.4) is 0 Å². The van der Waals surface area contributed by atoms with Gasteiger partial charge in [0.15, 0.2) is 5.82 Å². The van der Waals surface area contributed by atoms with Gasteiger partial charge in [-0.3, -0.25) is 4.79 Å². The van der Waals surface area contributed by atoms with E-state index in [1.165, 1.54) is 21.7 Å². The summed E-state index contributed by atoms with van der Waals surface area (Å²) < 4.78 is 40.3. The van der Waals surface area contributed by atoms with Gasteiger partial charge in [-0.2, -0.15) is 17.9 Å². The van der Waals surface area contributed by atoms with E-state index in [2.05, 4.69) is 20.8 Å². The van der Waals surface area contributed by atoms with E-state index in [1.807, 2.05) is 0 Å². The van der Waals surface area contributed by atoms with Crippen LogP contribution in [-0.2, 0) is 6.18 Å². The lowest BCUT2D eigenvalue weighted by Crippen LogP contribution is -2.51. The zero-order valence-electron chi connectivity index (χ0n) is 17.6. The van der Waals surface area contributed by atoms with Crippen molar-refractivity contribution in [3.8, 4) is 5.69 Å². The molecule has 0 bridgehead atoms. The summed E-state index contributed by atoms with van der Waals surface area (Å²) in [5.74, 6) is 0.103. The number of piperazine rings is 1. The van der Waals surface area contributed by atoms with Crippen LogP contribution >= 0.6 is 0 Å². The van der Waals surface area contributed by atoms with Crippen molar-refractivity contribution < 1.29 is 22.8 Å². The van der Waals surface area contributed by atoms with Crippen molar-refractivity contribution in [2.24, 2.45) is 0 Å². The van der Waals surface area contributed by atoms with Crippen LogP contribution in [0.15, 0.2) is 48.5 Å². The molecule has 12 heteroatoms. The molecule has 1 aliphatic rings. The monoisotopic (exact) mass is 459 g/mol. The number of tetrazole rings is 1. The number of hydrogen-bond acceptors (Lipinski definition) is 5. The Morgan fingerprint density at radius 2 is 1.67 bits per heavy atom. The summed E-state index contributed by atoms with van der Waals surface area (Å²) in [5, 5.41) is 14.1. The number of benzene rings is 2. The Balaban J connectivity index is 1.36. The highest BCUT2D eigenvalue weighted by Crippen LogP contribution is 2.29. The molecule has 33 heavy (non-hydrogen) atoms. The van der Waals surface area contributed by atoms with Gasteiger partial charge < -0.3 is 15.1 Å². The van der Waals surface area contributed by atoms with Gasteiger partial charge >= 0.3 is 12.2 Å². The molecular formula is C21H20F3N7O2. The van der Waals surface area contributed by atoms with E-state index in [-0.39, 0.29) is 37.8 Å². The van der Waals surface area contributed by atoms with Crippen LogP contribution in [0.1, 0.15) is 21.7 Å². The van der Waals surface area contributed by atoms with Gasteiger partial charge in [-0.25, -0.2) is 4.79 Å². The second-order valence-corrected chi connectivity index (χ2v) is 7.48. The minimum absolute atomic E-state index is 0.0302. The van der Waals surface area contributed by atoms with Crippen molar-refractivity contribution in [1.82, 2.24) is 30.0 Å². The zero-order chi connectivity index (χ0) is 23.6. The Bertz CT molecular complexity index is 1170. The van der Waals surface area contributed by atoms with Gasteiger partial charge in [-0.15, -0.1) is 5.10 Å². The van der Waals surface area contributed by atoms with Crippen molar-refractivity contribution in [3.63, 3.8) is 0 Å². The minimum atomic E-state index is -4.52. The molecular weight excluding hydrogens is 439 g/mol. The van der Waals surface area contributed by atoms with Gasteiger partial charge in [0.1, 0.15) is 0 Å². The fourth-order valence-corrected chi connectivity index (χ4v) is 3.51. The van der Waals surface area contributed by atoms with Crippen LogP contribution in [0.2, 0.25) is 0 Å². The van der Waals surface area contributed by atoms with Crippen LogP contribution in [0, 0.1) is 6.92 Å². The third-order valence-electron chi connectivity index (χ3n) is 5.26. The topological polar surface area (TPSA) is 96.2 Å². The van der Waals surface area contributed by atoms with Crippen LogP contribution in [0.25, 0.3) is 5.69 Å². The Labute approximate surface area is 186 Å². The van der Waals surface area contributed by atoms with E-state index in [0.29, 0.717) is 17.2 Å². The molecule has 1 saturated heterocycles. The lowest BCUT2D eigenvalue weighted by atomic mass is 10.1. The molecule has 4 rings (SSSR count). The third-order valence-corrected chi connectivity index (χ3v) is 5.26. The highest BCUT2D eigenvalue weighted by molar-refractivity contribution is 5.95. The number of carbonyl (C=O) groups excluding carboxylic acids is 2. The number of nitrogens with one attached hydrogen (secondary N) is 1. The number of carbonyl (C=O) groups is 2. The Morgan fingerprint density at radius 3 is 2.33 bits per heavy atom. The van der Waals surface area contributed by atoms with Gasteiger partial charge in [0.25, 0.3) is 5.91 Å². The van der Waals surface area contributed by atoms with Crippen LogP contribution in [0.4, 0.5) is 23.7 Å². The average Bonchev–Trinajstić information content (AvgIpc) is 3.24. The maximum absolute atomic E-state index is 12.9. The van der Waals surface area contributed by atoms with Crippen molar-refractivity contribution in [2.75, 3.05) is 31.5 Å². The number of aryl methyl sites for hydroxylation is 1. The number of rotatable bonds is 3. The summed E-state index contributed by atoms with van der Waals surface area (Å²) in [6, 6.07) is 11.0. The fourth-order valence-electron chi connectivity index (χ4n) is 3.51. The molecule has 2 aromatic carbocycles. The molecule has 0 spiro atoms. The molecule has 3 aromatic rings. The summed E-state index contributed by atoms with van der Waals surface area (Å²) in [4.78, 5) is 28.3. The van der Waals surface area contributed by atoms with Crippen LogP contribution < -0.4 is 5.32 Å². The average molecular weight is 459 g/mol. The molecule has 2 heterocycles. The zero-order valence-corrected chi connectivity index (χ0v) is 17.6. The predicted molar refractivity (Wildman–Crippen MR) is 112 cm³/mol. The quantitative estimate of drug-likeness (QED) is 0.650. The number of aromatic nitrogens is 4. The Morgan fingerprint density at radius 1 is 0.970 bits per heavy atom. The minimum Gasteiger partial charge on any atom is -0.335 e. The summed E-state index contributed by atoms with van der Waals surface area (Å²) >= 11 is 0. The Hall–Kier alpha value is -3.96. The number of halogens is 3. The first-order chi connectivity index (χ1) is 15.7. The largest absolute Gasteiger partial charge is 0.416 e. The molecule has 0 atom stereocenters. The first-order valence-electron chi connectivity index (χ1n) is 10.1. The molecule has 9 nitrogen and oxygen atoms in total. The lowest BCUT2D eigenvalue weighted by molar-refractivity contribution is -0.137. The summed E-state index contributed by atoms with van der Waals surface area (Å²) in [6.07, 6.45) is -4.52. The van der Waals surface area contributed by atoms with E-state index in [4.69, 9.17) is 0 Å². The van der Waals surface area contributed by atoms with E-state index < -0.39 is 17.6 Å². The molecule has 1 fully saturated rings. The lowest BCUT2D eigenvalue weighted by Gasteiger charge is -2.34. The first-order valence-corrected chi connectivity index (χ1v) is 10.1. The normalized spacial score (nSPS) is 14.3. The molecule has 0 unspecified atom stereocenters. The molecule has 3 amide bonds. The van der Waals surface area contributed by atoms with Crippen molar-refractivity contribution in [1.29, 1.82) is 0 Å². The number of hydrogen-bond donors (Lipinski definition) is 1. The van der Waals surface area contributed by atoms with Crippen molar-refractivity contribution >= 4 is 17.6 Å². The van der Waals surface area contributed by atoms with Gasteiger partial charge in [0, 0.05) is 37.4 Å². The number of nitrogens with zero attached hydrogens (tertiary/aromatic N) is 6. The van der Waals surface area contributed by atoms with Gasteiger partial charge in [0.05, 0.1) is 11.3 Å². The number of urea groups is 1. The highest BCUT2D eigenvalue weighted by Gasteiger charge is 2.32. The Kier molecular flexibility index (Phi) is 5.99. The second kappa shape index (κ2) is 8.88. The fraction of sp³-hybridized carbons (Fsp3) is 0.286. The summed E-state index contributed by atoms with van der Waals surface area (Å²) in [5.41, 5.74) is 0.338. The molecule has 1 aliphatic heterocycles. The number of anilines is 1. The maximum Gasteiger partial charge on any atom is 0.416 e. The molecule has 0 aliphatic carbocycles. The summed E-state index contributed by atoms with van der Waals surface area (Å²) in [7, 11) is 0. The van der Waals surface area contributed by atoms with Gasteiger partial charge in [0.2, 0.25) is 0 Å². The second-order valence-electron chi connectivity index (χ2n) is 7.48. The smallest absolute Gasteiger partial charge is 0.335 e. The van der Waals surface area contributed by atoms with Crippen molar-refractivity contribution in [2.45, 2.75) is 13.1 Å². The van der Waals surface area contributed by atoms with E-state index in [1.54, 1.807) is 36.1 Å². The van der Waals surface area contributed by atoms with E-state index >= 15 is 0 Å². The van der Waals surface area contributed by atoms with E-state index in [0.717, 1.165) is 12.1 Å². The molecule has 0 saturated carbocycles. The van der Waals surface area contributed by atoms with Crippen LogP contribution in [0.5, 0.6) is 0 Å². The van der Waals surface area contributed by atoms with Crippen molar-refractivity contribution in [3.05, 3.63) is 65.5 Å². The number of alkyl halides is 3. The predicted octanol–water partition coefficient (Wildman–Crippen LogP) is 2.98. The number of amides is 3. The molecule has 0 radical (unpaired) electrons. The van der Waals surface area contributed by atoms with E-state index in [9.17, 15) is 22.8 Å². The molecule has 1 aromatic heterocycles. The maximum atomic E-state index is 12.9. The third kappa shape index (κ3) is 4.94.